The number of ether oxygens (including phenoxy) is 2. The van der Waals surface area contributed by atoms with Crippen LogP contribution in [0.3, 0.4) is 0 Å². The standard InChI is InChI=1S/C12H13NO4.C12H13NO3/c14-11(15)10-6-7-17-12(16)13(10)8-9-4-2-1-3-5-9;14-9-11-6-7-16-12(15)13(11)8-10-4-2-1-3-5-10/h1-5,10H,6-8H2,(H,14,15);1-5,9,11H,6-8H2/t10-;11-/m00/s1. The monoisotopic (exact) mass is 454 g/mol. The lowest BCUT2D eigenvalue weighted by atomic mass is 10.1. The Morgan fingerprint density at radius 1 is 0.848 bits per heavy atom. The van der Waals surface area contributed by atoms with Crippen molar-refractivity contribution in [2.75, 3.05) is 13.2 Å². The van der Waals surface area contributed by atoms with Crippen LogP contribution in [0.15, 0.2) is 60.7 Å². The maximum Gasteiger partial charge on any atom is 0.410 e. The predicted molar refractivity (Wildman–Crippen MR) is 117 cm³/mol. The smallest absolute Gasteiger partial charge is 0.410 e. The molecule has 174 valence electrons. The minimum Gasteiger partial charge on any atom is -0.480 e. The zero-order valence-corrected chi connectivity index (χ0v) is 18.0. The number of aldehydes is 1. The second-order valence-electron chi connectivity index (χ2n) is 7.59. The lowest BCUT2D eigenvalue weighted by Crippen LogP contribution is -2.49. The summed E-state index contributed by atoms with van der Waals surface area (Å²) in [6, 6.07) is 17.7. The lowest BCUT2D eigenvalue weighted by molar-refractivity contribution is -0.145. The van der Waals surface area contributed by atoms with Crippen molar-refractivity contribution in [1.29, 1.82) is 0 Å². The molecule has 4 rings (SSSR count). The third-order valence-corrected chi connectivity index (χ3v) is 5.34. The predicted octanol–water partition coefficient (Wildman–Crippen LogP) is 3.08. The van der Waals surface area contributed by atoms with Gasteiger partial charge in [-0.2, -0.15) is 0 Å². The van der Waals surface area contributed by atoms with E-state index in [9.17, 15) is 19.2 Å². The van der Waals surface area contributed by atoms with Crippen molar-refractivity contribution in [3.63, 3.8) is 0 Å². The van der Waals surface area contributed by atoms with Crippen molar-refractivity contribution in [3.05, 3.63) is 71.8 Å². The maximum atomic E-state index is 11.6. The highest BCUT2D eigenvalue weighted by Crippen LogP contribution is 2.18. The van der Waals surface area contributed by atoms with E-state index in [0.717, 1.165) is 17.4 Å². The van der Waals surface area contributed by atoms with Gasteiger partial charge in [-0.15, -0.1) is 0 Å². The van der Waals surface area contributed by atoms with Crippen molar-refractivity contribution < 1.29 is 33.8 Å². The van der Waals surface area contributed by atoms with Crippen molar-refractivity contribution in [2.45, 2.75) is 38.0 Å². The molecule has 33 heavy (non-hydrogen) atoms. The molecule has 0 radical (unpaired) electrons. The van der Waals surface area contributed by atoms with E-state index in [0.29, 0.717) is 26.0 Å². The first-order valence-electron chi connectivity index (χ1n) is 10.6. The Hall–Kier alpha value is -3.88. The molecule has 1 N–H and O–H groups in total. The molecule has 0 saturated carbocycles. The summed E-state index contributed by atoms with van der Waals surface area (Å²) in [6.07, 6.45) is 0.735. The SMILES string of the molecule is O=C(O)[C@@H]1CCOC(=O)N1Cc1ccccc1.O=C[C@@H]1CCOC(=O)N1Cc1ccccc1. The van der Waals surface area contributed by atoms with Gasteiger partial charge in [0.15, 0.2) is 0 Å². The summed E-state index contributed by atoms with van der Waals surface area (Å²) in [5.74, 6) is -0.988. The van der Waals surface area contributed by atoms with Gasteiger partial charge in [0.05, 0.1) is 19.3 Å². The zero-order chi connectivity index (χ0) is 23.6. The molecule has 2 amide bonds. The van der Waals surface area contributed by atoms with Crippen LogP contribution in [0.1, 0.15) is 24.0 Å². The number of benzene rings is 2. The van der Waals surface area contributed by atoms with Gasteiger partial charge in [0.1, 0.15) is 12.3 Å². The van der Waals surface area contributed by atoms with E-state index in [-0.39, 0.29) is 19.2 Å². The van der Waals surface area contributed by atoms with Crippen LogP contribution >= 0.6 is 0 Å². The van der Waals surface area contributed by atoms with E-state index in [4.69, 9.17) is 14.6 Å². The van der Waals surface area contributed by atoms with E-state index in [1.165, 1.54) is 9.80 Å². The van der Waals surface area contributed by atoms with Crippen LogP contribution in [0.2, 0.25) is 0 Å². The molecule has 9 nitrogen and oxygen atoms in total. The summed E-state index contributed by atoms with van der Waals surface area (Å²) in [7, 11) is 0. The first-order chi connectivity index (χ1) is 16.0. The molecule has 2 saturated heterocycles. The summed E-state index contributed by atoms with van der Waals surface area (Å²) in [4.78, 5) is 47.7. The highest BCUT2D eigenvalue weighted by atomic mass is 16.6. The normalized spacial score (nSPS) is 20.1. The minimum atomic E-state index is -0.988. The van der Waals surface area contributed by atoms with Crippen molar-refractivity contribution in [3.8, 4) is 0 Å². The summed E-state index contributed by atoms with van der Waals surface area (Å²) in [5.41, 5.74) is 1.88. The van der Waals surface area contributed by atoms with Crippen LogP contribution in [-0.4, -0.2) is 64.6 Å². The highest BCUT2D eigenvalue weighted by molar-refractivity contribution is 5.81. The Balaban J connectivity index is 0.000000186. The Bertz CT molecular complexity index is 952. The molecule has 0 spiro atoms. The molecule has 2 aromatic carbocycles. The molecular formula is C24H26N2O7. The average molecular weight is 454 g/mol. The van der Waals surface area contributed by atoms with Gasteiger partial charge in [-0.25, -0.2) is 14.4 Å². The van der Waals surface area contributed by atoms with Crippen LogP contribution < -0.4 is 0 Å². The topological polar surface area (TPSA) is 113 Å². The van der Waals surface area contributed by atoms with E-state index in [1.54, 1.807) is 0 Å². The number of rotatable bonds is 6. The van der Waals surface area contributed by atoms with Gasteiger partial charge in [0.2, 0.25) is 0 Å². The van der Waals surface area contributed by atoms with Gasteiger partial charge in [-0.3, -0.25) is 9.80 Å². The highest BCUT2D eigenvalue weighted by Gasteiger charge is 2.34. The van der Waals surface area contributed by atoms with Crippen LogP contribution in [0, 0.1) is 0 Å². The molecular weight excluding hydrogens is 428 g/mol. The number of carboxylic acids is 1. The van der Waals surface area contributed by atoms with Gasteiger partial charge in [0.25, 0.3) is 0 Å². The lowest BCUT2D eigenvalue weighted by Gasteiger charge is -2.32. The molecule has 0 unspecified atom stereocenters. The van der Waals surface area contributed by atoms with E-state index in [1.807, 2.05) is 60.7 Å². The fourth-order valence-electron chi connectivity index (χ4n) is 3.58. The Morgan fingerprint density at radius 2 is 1.33 bits per heavy atom. The Kier molecular flexibility index (Phi) is 8.40. The first-order valence-corrected chi connectivity index (χ1v) is 10.6. The van der Waals surface area contributed by atoms with E-state index in [2.05, 4.69) is 0 Å². The number of amides is 2. The van der Waals surface area contributed by atoms with Crippen molar-refractivity contribution >= 4 is 24.4 Å². The third kappa shape index (κ3) is 6.55. The summed E-state index contributed by atoms with van der Waals surface area (Å²) < 4.78 is 9.79. The number of carbonyl (C=O) groups is 4. The molecule has 0 aliphatic carbocycles. The summed E-state index contributed by atoms with van der Waals surface area (Å²) >= 11 is 0. The molecule has 2 aromatic rings. The Labute approximate surface area is 191 Å². The van der Waals surface area contributed by atoms with Gasteiger partial charge in [-0.05, 0) is 11.1 Å². The second kappa shape index (κ2) is 11.7. The molecule has 0 bridgehead atoms. The first kappa shape index (κ1) is 23.8. The number of hydrogen-bond acceptors (Lipinski definition) is 6. The number of carbonyl (C=O) groups excluding carboxylic acids is 3. The Morgan fingerprint density at radius 3 is 1.85 bits per heavy atom. The number of cyclic esters (lactones) is 2. The molecule has 2 heterocycles. The van der Waals surface area contributed by atoms with Crippen LogP contribution in [0.5, 0.6) is 0 Å². The van der Waals surface area contributed by atoms with Gasteiger partial charge in [-0.1, -0.05) is 60.7 Å². The van der Waals surface area contributed by atoms with Crippen LogP contribution in [0.4, 0.5) is 9.59 Å². The van der Waals surface area contributed by atoms with Gasteiger partial charge >= 0.3 is 18.2 Å². The van der Waals surface area contributed by atoms with Crippen LogP contribution in [-0.2, 0) is 32.2 Å². The maximum absolute atomic E-state index is 11.6. The molecule has 2 aliphatic rings. The quantitative estimate of drug-likeness (QED) is 0.667. The second-order valence-corrected chi connectivity index (χ2v) is 7.59. The molecule has 0 aromatic heterocycles. The largest absolute Gasteiger partial charge is 0.480 e. The van der Waals surface area contributed by atoms with Crippen molar-refractivity contribution in [1.82, 2.24) is 9.80 Å². The van der Waals surface area contributed by atoms with E-state index >= 15 is 0 Å². The number of hydrogen-bond donors (Lipinski definition) is 1. The van der Waals surface area contributed by atoms with E-state index < -0.39 is 24.2 Å². The van der Waals surface area contributed by atoms with Crippen molar-refractivity contribution in [2.24, 2.45) is 0 Å². The molecule has 2 fully saturated rings. The fourth-order valence-corrected chi connectivity index (χ4v) is 3.58. The number of nitrogens with zero attached hydrogens (tertiary/aromatic N) is 2. The third-order valence-electron chi connectivity index (χ3n) is 5.34. The van der Waals surface area contributed by atoms with Crippen LogP contribution in [0.25, 0.3) is 0 Å². The molecule has 2 aliphatic heterocycles. The van der Waals surface area contributed by atoms with Gasteiger partial charge < -0.3 is 19.4 Å². The molecule has 2 atom stereocenters. The summed E-state index contributed by atoms with van der Waals surface area (Å²) in [6.45, 7) is 1.17. The number of aliphatic carboxylic acids is 1. The number of carboxylic acid groups (broad SMARTS) is 1. The fraction of sp³-hybridized carbons (Fsp3) is 0.333. The molecule has 9 heteroatoms. The minimum absolute atomic E-state index is 0.168. The van der Waals surface area contributed by atoms with Gasteiger partial charge in [0, 0.05) is 25.9 Å². The zero-order valence-electron chi connectivity index (χ0n) is 18.0. The summed E-state index contributed by atoms with van der Waals surface area (Å²) in [5, 5.41) is 9.06. The average Bonchev–Trinajstić information content (AvgIpc) is 2.83.